The van der Waals surface area contributed by atoms with Gasteiger partial charge in [-0.15, -0.1) is 0 Å². The van der Waals surface area contributed by atoms with Gasteiger partial charge in [-0.3, -0.25) is 10.3 Å². The summed E-state index contributed by atoms with van der Waals surface area (Å²) < 4.78 is 47.2. The third-order valence-corrected chi connectivity index (χ3v) is 4.87. The van der Waals surface area contributed by atoms with Crippen LogP contribution in [0.1, 0.15) is 58.1 Å². The molecule has 1 fully saturated rings. The minimum Gasteiger partial charge on any atom is -0.444 e. The standard InChI is InChI=1S/C22H25F3N2O2/c1-22(2,3)29-21(28)27-20-16(17-12-15(24)8-9-18(17)25)10-11-26-19(20)13-4-6-14(23)7-5-13/h8-14H,4-7H2,1-3H3,(H,27,28). The minimum absolute atomic E-state index is 0.0129. The van der Waals surface area contributed by atoms with Crippen LogP contribution in [-0.2, 0) is 4.74 Å². The van der Waals surface area contributed by atoms with Crippen molar-refractivity contribution >= 4 is 11.8 Å². The molecule has 4 nitrogen and oxygen atoms in total. The van der Waals surface area contributed by atoms with Crippen molar-refractivity contribution < 1.29 is 22.7 Å². The van der Waals surface area contributed by atoms with Crippen LogP contribution in [0.25, 0.3) is 11.1 Å². The maximum Gasteiger partial charge on any atom is 0.412 e. The lowest BCUT2D eigenvalue weighted by atomic mass is 9.84. The van der Waals surface area contributed by atoms with E-state index in [0.29, 0.717) is 36.9 Å². The lowest BCUT2D eigenvalue weighted by Gasteiger charge is -2.27. The highest BCUT2D eigenvalue weighted by molar-refractivity contribution is 5.93. The molecule has 2 aromatic rings. The maximum absolute atomic E-state index is 14.5. The molecule has 0 saturated heterocycles. The van der Waals surface area contributed by atoms with Gasteiger partial charge < -0.3 is 4.74 Å². The number of benzene rings is 1. The fourth-order valence-corrected chi connectivity index (χ4v) is 3.58. The molecule has 1 aromatic carbocycles. The number of rotatable bonds is 3. The molecule has 0 atom stereocenters. The van der Waals surface area contributed by atoms with Gasteiger partial charge in [-0.05, 0) is 70.7 Å². The second kappa shape index (κ2) is 8.43. The number of nitrogens with zero attached hydrogens (tertiary/aromatic N) is 1. The third kappa shape index (κ3) is 5.28. The molecule has 0 unspecified atom stereocenters. The Labute approximate surface area is 168 Å². The zero-order valence-electron chi connectivity index (χ0n) is 16.8. The van der Waals surface area contributed by atoms with Crippen LogP contribution in [0.2, 0.25) is 0 Å². The molecule has 29 heavy (non-hydrogen) atoms. The van der Waals surface area contributed by atoms with E-state index in [1.165, 1.54) is 12.3 Å². The van der Waals surface area contributed by atoms with Crippen molar-refractivity contribution in [1.29, 1.82) is 0 Å². The summed E-state index contributed by atoms with van der Waals surface area (Å²) in [5, 5.41) is 2.68. The molecule has 1 heterocycles. The molecular formula is C22H25F3N2O2. The lowest BCUT2D eigenvalue weighted by molar-refractivity contribution is 0.0635. The average Bonchev–Trinajstić information content (AvgIpc) is 2.63. The van der Waals surface area contributed by atoms with Gasteiger partial charge in [-0.2, -0.15) is 0 Å². The highest BCUT2D eigenvalue weighted by Gasteiger charge is 2.28. The van der Waals surface area contributed by atoms with E-state index in [2.05, 4.69) is 10.3 Å². The van der Waals surface area contributed by atoms with E-state index < -0.39 is 29.5 Å². The molecular weight excluding hydrogens is 381 g/mol. The maximum atomic E-state index is 14.5. The first kappa shape index (κ1) is 21.1. The topological polar surface area (TPSA) is 51.2 Å². The Kier molecular flexibility index (Phi) is 6.15. The number of carbonyl (C=O) groups excluding carboxylic acids is 1. The second-order valence-corrected chi connectivity index (χ2v) is 8.32. The fraction of sp³-hybridized carbons (Fsp3) is 0.455. The highest BCUT2D eigenvalue weighted by atomic mass is 19.1. The van der Waals surface area contributed by atoms with Crippen molar-refractivity contribution in [1.82, 2.24) is 4.98 Å². The summed E-state index contributed by atoms with van der Waals surface area (Å²) in [5.74, 6) is -1.31. The largest absolute Gasteiger partial charge is 0.444 e. The quantitative estimate of drug-likeness (QED) is 0.644. The van der Waals surface area contributed by atoms with E-state index in [0.717, 1.165) is 18.2 Å². The van der Waals surface area contributed by atoms with Gasteiger partial charge >= 0.3 is 6.09 Å². The number of nitrogens with one attached hydrogen (secondary N) is 1. The number of aromatic nitrogens is 1. The van der Waals surface area contributed by atoms with Gasteiger partial charge in [0.25, 0.3) is 0 Å². The van der Waals surface area contributed by atoms with Crippen LogP contribution >= 0.6 is 0 Å². The lowest BCUT2D eigenvalue weighted by Crippen LogP contribution is -2.28. The van der Waals surface area contributed by atoms with Gasteiger partial charge in [-0.25, -0.2) is 18.0 Å². The Balaban J connectivity index is 2.06. The molecule has 1 N–H and O–H groups in total. The Morgan fingerprint density at radius 3 is 2.45 bits per heavy atom. The molecule has 0 spiro atoms. The molecule has 1 aliphatic rings. The van der Waals surface area contributed by atoms with E-state index in [9.17, 15) is 18.0 Å². The molecule has 156 valence electrons. The van der Waals surface area contributed by atoms with Crippen molar-refractivity contribution in [3.63, 3.8) is 0 Å². The number of carbonyl (C=O) groups is 1. The molecule has 1 saturated carbocycles. The summed E-state index contributed by atoms with van der Waals surface area (Å²) >= 11 is 0. The number of ether oxygens (including phenoxy) is 1. The van der Waals surface area contributed by atoms with Gasteiger partial charge in [-0.1, -0.05) is 0 Å². The smallest absolute Gasteiger partial charge is 0.412 e. The Bertz CT molecular complexity index is 888. The molecule has 7 heteroatoms. The van der Waals surface area contributed by atoms with Crippen LogP contribution in [0.15, 0.2) is 30.5 Å². The molecule has 0 bridgehead atoms. The van der Waals surface area contributed by atoms with Crippen molar-refractivity contribution in [3.8, 4) is 11.1 Å². The van der Waals surface area contributed by atoms with Crippen LogP contribution in [0, 0.1) is 11.6 Å². The first-order chi connectivity index (χ1) is 13.6. The molecule has 0 radical (unpaired) electrons. The Morgan fingerprint density at radius 2 is 1.79 bits per heavy atom. The number of hydrogen-bond donors (Lipinski definition) is 1. The molecule has 1 aromatic heterocycles. The van der Waals surface area contributed by atoms with Gasteiger partial charge in [0, 0.05) is 23.2 Å². The fourth-order valence-electron chi connectivity index (χ4n) is 3.58. The summed E-state index contributed by atoms with van der Waals surface area (Å²) in [5.41, 5.74) is 0.389. The van der Waals surface area contributed by atoms with Crippen LogP contribution in [0.5, 0.6) is 0 Å². The van der Waals surface area contributed by atoms with Gasteiger partial charge in [0.2, 0.25) is 0 Å². The number of halogens is 3. The molecule has 1 aliphatic carbocycles. The number of anilines is 1. The Hall–Kier alpha value is -2.57. The van der Waals surface area contributed by atoms with E-state index in [4.69, 9.17) is 4.74 Å². The van der Waals surface area contributed by atoms with Crippen LogP contribution in [-0.4, -0.2) is 22.8 Å². The SMILES string of the molecule is CC(C)(C)OC(=O)Nc1c(-c2cc(F)ccc2F)ccnc1C1CCC(F)CC1. The third-order valence-electron chi connectivity index (χ3n) is 4.87. The normalized spacial score (nSPS) is 19.7. The van der Waals surface area contributed by atoms with Crippen molar-refractivity contribution in [2.24, 2.45) is 0 Å². The molecule has 0 aliphatic heterocycles. The highest BCUT2D eigenvalue weighted by Crippen LogP contribution is 2.41. The van der Waals surface area contributed by atoms with Crippen molar-refractivity contribution in [2.45, 2.75) is 64.1 Å². The summed E-state index contributed by atoms with van der Waals surface area (Å²) in [4.78, 5) is 16.9. The van der Waals surface area contributed by atoms with E-state index in [-0.39, 0.29) is 17.2 Å². The first-order valence-electron chi connectivity index (χ1n) is 9.72. The van der Waals surface area contributed by atoms with E-state index in [1.54, 1.807) is 20.8 Å². The number of pyridine rings is 1. The van der Waals surface area contributed by atoms with Crippen LogP contribution in [0.3, 0.4) is 0 Å². The first-order valence-corrected chi connectivity index (χ1v) is 9.72. The van der Waals surface area contributed by atoms with Crippen LogP contribution < -0.4 is 5.32 Å². The molecule has 3 rings (SSSR count). The number of amides is 1. The second-order valence-electron chi connectivity index (χ2n) is 8.32. The Morgan fingerprint density at radius 1 is 1.10 bits per heavy atom. The van der Waals surface area contributed by atoms with Gasteiger partial charge in [0.05, 0.1) is 11.4 Å². The van der Waals surface area contributed by atoms with Crippen LogP contribution in [0.4, 0.5) is 23.7 Å². The predicted octanol–water partition coefficient (Wildman–Crippen LogP) is 6.37. The summed E-state index contributed by atoms with van der Waals surface area (Å²) in [6.45, 7) is 5.19. The van der Waals surface area contributed by atoms with Crippen molar-refractivity contribution in [2.75, 3.05) is 5.32 Å². The summed E-state index contributed by atoms with van der Waals surface area (Å²) in [6.07, 6.45) is 1.85. The van der Waals surface area contributed by atoms with Gasteiger partial charge in [0.1, 0.15) is 23.4 Å². The van der Waals surface area contributed by atoms with E-state index >= 15 is 0 Å². The number of hydrogen-bond acceptors (Lipinski definition) is 3. The number of alkyl halides is 1. The minimum atomic E-state index is -0.850. The predicted molar refractivity (Wildman–Crippen MR) is 106 cm³/mol. The summed E-state index contributed by atoms with van der Waals surface area (Å²) in [6, 6.07) is 4.67. The monoisotopic (exact) mass is 406 g/mol. The average molecular weight is 406 g/mol. The summed E-state index contributed by atoms with van der Waals surface area (Å²) in [7, 11) is 0. The van der Waals surface area contributed by atoms with Gasteiger partial charge in [0.15, 0.2) is 0 Å². The zero-order chi connectivity index (χ0) is 21.2. The molecule has 1 amide bonds. The zero-order valence-corrected chi connectivity index (χ0v) is 16.8. The van der Waals surface area contributed by atoms with E-state index in [1.807, 2.05) is 0 Å². The van der Waals surface area contributed by atoms with Crippen molar-refractivity contribution in [3.05, 3.63) is 47.8 Å².